The first-order chi connectivity index (χ1) is 10.2. The molecule has 1 unspecified atom stereocenters. The Bertz CT molecular complexity index is 588. The zero-order valence-electron chi connectivity index (χ0n) is 12.2. The van der Waals surface area contributed by atoms with E-state index in [0.29, 0.717) is 5.76 Å². The van der Waals surface area contributed by atoms with E-state index in [0.717, 1.165) is 43.7 Å². The average Bonchev–Trinajstić information content (AvgIpc) is 3.06. The van der Waals surface area contributed by atoms with Crippen LogP contribution >= 0.6 is 0 Å². The molecule has 1 aliphatic rings. The predicted octanol–water partition coefficient (Wildman–Crippen LogP) is 3.26. The second-order valence-corrected chi connectivity index (χ2v) is 5.58. The zero-order chi connectivity index (χ0) is 14.7. The molecule has 1 fully saturated rings. The minimum atomic E-state index is 0.0408. The monoisotopic (exact) mass is 288 g/mol. The SMILES string of the molecule is Cc1cc(CC(=O)N2CCCCCC2c2ccco2)on1. The summed E-state index contributed by atoms with van der Waals surface area (Å²) in [6.07, 6.45) is 6.20. The molecule has 0 aliphatic carbocycles. The number of likely N-dealkylation sites (tertiary alicyclic amines) is 1. The number of hydrogen-bond donors (Lipinski definition) is 0. The normalized spacial score (nSPS) is 19.5. The van der Waals surface area contributed by atoms with E-state index in [2.05, 4.69) is 5.16 Å². The molecule has 0 aromatic carbocycles. The summed E-state index contributed by atoms with van der Waals surface area (Å²) in [7, 11) is 0. The lowest BCUT2D eigenvalue weighted by Crippen LogP contribution is -2.35. The third-order valence-corrected chi connectivity index (χ3v) is 3.95. The molecule has 0 N–H and O–H groups in total. The number of hydrogen-bond acceptors (Lipinski definition) is 4. The van der Waals surface area contributed by atoms with Crippen LogP contribution in [0.4, 0.5) is 0 Å². The fourth-order valence-corrected chi connectivity index (χ4v) is 2.93. The molecule has 1 amide bonds. The van der Waals surface area contributed by atoms with Crippen LogP contribution in [0.25, 0.3) is 0 Å². The van der Waals surface area contributed by atoms with Crippen LogP contribution in [0.5, 0.6) is 0 Å². The van der Waals surface area contributed by atoms with Crippen LogP contribution in [0.15, 0.2) is 33.4 Å². The van der Waals surface area contributed by atoms with Crippen LogP contribution < -0.4 is 0 Å². The van der Waals surface area contributed by atoms with Gasteiger partial charge in [-0.3, -0.25) is 4.79 Å². The van der Waals surface area contributed by atoms with Crippen LogP contribution in [0, 0.1) is 6.92 Å². The van der Waals surface area contributed by atoms with Crippen LogP contribution in [-0.2, 0) is 11.2 Å². The van der Waals surface area contributed by atoms with Crippen molar-refractivity contribution >= 4 is 5.91 Å². The molecule has 2 aromatic rings. The Morgan fingerprint density at radius 1 is 1.43 bits per heavy atom. The molecule has 112 valence electrons. The second kappa shape index (κ2) is 6.16. The molecule has 21 heavy (non-hydrogen) atoms. The van der Waals surface area contributed by atoms with Crippen molar-refractivity contribution in [3.8, 4) is 0 Å². The van der Waals surface area contributed by atoms with E-state index < -0.39 is 0 Å². The van der Waals surface area contributed by atoms with E-state index >= 15 is 0 Å². The molecule has 3 heterocycles. The fraction of sp³-hybridized carbons (Fsp3) is 0.500. The highest BCUT2D eigenvalue weighted by Gasteiger charge is 2.29. The summed E-state index contributed by atoms with van der Waals surface area (Å²) in [5, 5.41) is 3.84. The van der Waals surface area contributed by atoms with Crippen molar-refractivity contribution < 1.29 is 13.7 Å². The second-order valence-electron chi connectivity index (χ2n) is 5.58. The van der Waals surface area contributed by atoms with Gasteiger partial charge < -0.3 is 13.8 Å². The number of aryl methyl sites for hydroxylation is 1. The van der Waals surface area contributed by atoms with Gasteiger partial charge in [-0.25, -0.2) is 0 Å². The summed E-state index contributed by atoms with van der Waals surface area (Å²) in [5.74, 6) is 1.58. The van der Waals surface area contributed by atoms with Crippen molar-refractivity contribution in [1.82, 2.24) is 10.1 Å². The van der Waals surface area contributed by atoms with Crippen LogP contribution in [0.3, 0.4) is 0 Å². The standard InChI is InChI=1S/C16H20N2O3/c1-12-10-13(21-17-12)11-16(19)18-8-4-2-3-6-14(18)15-7-5-9-20-15/h5,7,9-10,14H,2-4,6,8,11H2,1H3. The Balaban J connectivity index is 1.77. The fourth-order valence-electron chi connectivity index (χ4n) is 2.93. The summed E-state index contributed by atoms with van der Waals surface area (Å²) < 4.78 is 10.7. The topological polar surface area (TPSA) is 59.5 Å². The molecule has 5 nitrogen and oxygen atoms in total. The van der Waals surface area contributed by atoms with Crippen molar-refractivity contribution in [2.45, 2.75) is 45.1 Å². The Labute approximate surface area is 123 Å². The number of furan rings is 1. The van der Waals surface area contributed by atoms with E-state index in [4.69, 9.17) is 8.94 Å². The Hall–Kier alpha value is -2.04. The van der Waals surface area contributed by atoms with Gasteiger partial charge in [0.2, 0.25) is 5.91 Å². The lowest BCUT2D eigenvalue weighted by Gasteiger charge is -2.28. The van der Waals surface area contributed by atoms with Crippen molar-refractivity contribution in [3.05, 3.63) is 41.7 Å². The number of carbonyl (C=O) groups excluding carboxylic acids is 1. The van der Waals surface area contributed by atoms with Gasteiger partial charge in [-0.15, -0.1) is 0 Å². The van der Waals surface area contributed by atoms with Crippen molar-refractivity contribution in [2.75, 3.05) is 6.54 Å². The van der Waals surface area contributed by atoms with Crippen molar-refractivity contribution in [3.63, 3.8) is 0 Å². The molecule has 0 bridgehead atoms. The average molecular weight is 288 g/mol. The highest BCUT2D eigenvalue weighted by atomic mass is 16.5. The molecule has 5 heteroatoms. The number of amides is 1. The quantitative estimate of drug-likeness (QED) is 0.869. The van der Waals surface area contributed by atoms with Gasteiger partial charge in [0.15, 0.2) is 0 Å². The summed E-state index contributed by atoms with van der Waals surface area (Å²) in [6, 6.07) is 5.69. The lowest BCUT2D eigenvalue weighted by molar-refractivity contribution is -0.133. The number of carbonyl (C=O) groups is 1. The van der Waals surface area contributed by atoms with E-state index in [1.54, 1.807) is 6.26 Å². The third-order valence-electron chi connectivity index (χ3n) is 3.95. The Kier molecular flexibility index (Phi) is 4.08. The maximum atomic E-state index is 12.6. The van der Waals surface area contributed by atoms with Crippen molar-refractivity contribution in [2.24, 2.45) is 0 Å². The first-order valence-corrected chi connectivity index (χ1v) is 7.49. The van der Waals surface area contributed by atoms with Gasteiger partial charge in [0.05, 0.1) is 24.4 Å². The minimum Gasteiger partial charge on any atom is -0.467 e. The highest BCUT2D eigenvalue weighted by Crippen LogP contribution is 2.30. The van der Waals surface area contributed by atoms with E-state index in [1.807, 2.05) is 30.0 Å². The molecule has 1 aliphatic heterocycles. The third kappa shape index (κ3) is 3.17. The molecule has 1 saturated heterocycles. The van der Waals surface area contributed by atoms with Crippen LogP contribution in [-0.4, -0.2) is 22.5 Å². The summed E-state index contributed by atoms with van der Waals surface area (Å²) in [5.41, 5.74) is 0.802. The molecular formula is C16H20N2O3. The summed E-state index contributed by atoms with van der Waals surface area (Å²) in [4.78, 5) is 14.6. The maximum Gasteiger partial charge on any atom is 0.230 e. The Morgan fingerprint density at radius 2 is 2.33 bits per heavy atom. The number of aromatic nitrogens is 1. The van der Waals surface area contributed by atoms with Crippen LogP contribution in [0.2, 0.25) is 0 Å². The molecule has 0 saturated carbocycles. The smallest absolute Gasteiger partial charge is 0.230 e. The number of nitrogens with zero attached hydrogens (tertiary/aromatic N) is 2. The molecular weight excluding hydrogens is 268 g/mol. The zero-order valence-corrected chi connectivity index (χ0v) is 12.2. The van der Waals surface area contributed by atoms with Gasteiger partial charge >= 0.3 is 0 Å². The van der Waals surface area contributed by atoms with Gasteiger partial charge in [0.25, 0.3) is 0 Å². The van der Waals surface area contributed by atoms with Gasteiger partial charge in [-0.05, 0) is 31.9 Å². The molecule has 3 rings (SSSR count). The van der Waals surface area contributed by atoms with Gasteiger partial charge in [0.1, 0.15) is 11.5 Å². The van der Waals surface area contributed by atoms with Gasteiger partial charge in [-0.1, -0.05) is 18.0 Å². The molecule has 1 atom stereocenters. The molecule has 0 radical (unpaired) electrons. The van der Waals surface area contributed by atoms with E-state index in [9.17, 15) is 4.79 Å². The predicted molar refractivity (Wildman–Crippen MR) is 76.6 cm³/mol. The summed E-state index contributed by atoms with van der Waals surface area (Å²) >= 11 is 0. The maximum absolute atomic E-state index is 12.6. The van der Waals surface area contributed by atoms with Gasteiger partial charge in [0, 0.05) is 12.6 Å². The summed E-state index contributed by atoms with van der Waals surface area (Å²) in [6.45, 7) is 2.63. The molecule has 0 spiro atoms. The first-order valence-electron chi connectivity index (χ1n) is 7.49. The number of rotatable bonds is 3. The van der Waals surface area contributed by atoms with Crippen LogP contribution in [0.1, 0.15) is 48.9 Å². The highest BCUT2D eigenvalue weighted by molar-refractivity contribution is 5.78. The van der Waals surface area contributed by atoms with E-state index in [-0.39, 0.29) is 18.4 Å². The minimum absolute atomic E-state index is 0.0408. The van der Waals surface area contributed by atoms with Gasteiger partial charge in [-0.2, -0.15) is 0 Å². The van der Waals surface area contributed by atoms with Crippen molar-refractivity contribution in [1.29, 1.82) is 0 Å². The first kappa shape index (κ1) is 13.9. The lowest BCUT2D eigenvalue weighted by atomic mass is 10.1. The Morgan fingerprint density at radius 3 is 3.05 bits per heavy atom. The largest absolute Gasteiger partial charge is 0.467 e. The van der Waals surface area contributed by atoms with E-state index in [1.165, 1.54) is 0 Å². The molecule has 2 aromatic heterocycles.